The SMILES string of the molecule is Cc1noc(CNc2ccc(C)c(S(=O)(=O)N3CCCCC3)c2)n1. The molecule has 8 heteroatoms. The lowest BCUT2D eigenvalue weighted by Gasteiger charge is -2.26. The van der Waals surface area contributed by atoms with Gasteiger partial charge in [-0.1, -0.05) is 17.6 Å². The van der Waals surface area contributed by atoms with E-state index < -0.39 is 10.0 Å². The Labute approximate surface area is 142 Å². The van der Waals surface area contributed by atoms with Crippen molar-refractivity contribution in [1.29, 1.82) is 0 Å². The van der Waals surface area contributed by atoms with Crippen molar-refractivity contribution >= 4 is 15.7 Å². The Morgan fingerprint density at radius 2 is 1.96 bits per heavy atom. The normalized spacial score (nSPS) is 16.2. The van der Waals surface area contributed by atoms with Gasteiger partial charge in [-0.2, -0.15) is 9.29 Å². The Hall–Kier alpha value is -1.93. The predicted molar refractivity (Wildman–Crippen MR) is 90.2 cm³/mol. The zero-order valence-corrected chi connectivity index (χ0v) is 14.8. The smallest absolute Gasteiger partial charge is 0.245 e. The Kier molecular flexibility index (Phi) is 4.86. The van der Waals surface area contributed by atoms with Crippen LogP contribution in [0.2, 0.25) is 0 Å². The Bertz CT molecular complexity index is 810. The summed E-state index contributed by atoms with van der Waals surface area (Å²) in [6.07, 6.45) is 2.94. The van der Waals surface area contributed by atoms with Gasteiger partial charge in [0.1, 0.15) is 0 Å². The summed E-state index contributed by atoms with van der Waals surface area (Å²) in [5.41, 5.74) is 1.46. The Morgan fingerprint density at radius 3 is 2.62 bits per heavy atom. The maximum atomic E-state index is 12.9. The molecule has 2 aromatic rings. The molecule has 0 bridgehead atoms. The highest BCUT2D eigenvalue weighted by Gasteiger charge is 2.27. The number of anilines is 1. The Morgan fingerprint density at radius 1 is 1.21 bits per heavy atom. The van der Waals surface area contributed by atoms with Gasteiger partial charge >= 0.3 is 0 Å². The molecule has 0 spiro atoms. The van der Waals surface area contributed by atoms with Crippen LogP contribution >= 0.6 is 0 Å². The number of aromatic nitrogens is 2. The van der Waals surface area contributed by atoms with Gasteiger partial charge in [0, 0.05) is 18.8 Å². The van der Waals surface area contributed by atoms with Crippen molar-refractivity contribution in [2.75, 3.05) is 18.4 Å². The first kappa shape index (κ1) is 16.9. The average Bonchev–Trinajstić information content (AvgIpc) is 3.00. The predicted octanol–water partition coefficient (Wildman–Crippen LogP) is 2.47. The lowest BCUT2D eigenvalue weighted by Crippen LogP contribution is -2.36. The highest BCUT2D eigenvalue weighted by Crippen LogP contribution is 2.26. The fourth-order valence-electron chi connectivity index (χ4n) is 2.82. The molecule has 1 aliphatic rings. The van der Waals surface area contributed by atoms with Gasteiger partial charge in [0.05, 0.1) is 11.4 Å². The van der Waals surface area contributed by atoms with Crippen LogP contribution in [0.1, 0.15) is 36.5 Å². The zero-order valence-electron chi connectivity index (χ0n) is 13.9. The second-order valence-electron chi connectivity index (χ2n) is 6.03. The molecule has 0 aliphatic carbocycles. The van der Waals surface area contributed by atoms with Gasteiger partial charge in [0.25, 0.3) is 0 Å². The highest BCUT2D eigenvalue weighted by atomic mass is 32.2. The molecule has 1 aromatic heterocycles. The third-order valence-electron chi connectivity index (χ3n) is 4.13. The largest absolute Gasteiger partial charge is 0.376 e. The summed E-state index contributed by atoms with van der Waals surface area (Å²) in [5.74, 6) is 1.04. The Balaban J connectivity index is 1.80. The van der Waals surface area contributed by atoms with Crippen LogP contribution in [-0.2, 0) is 16.6 Å². The van der Waals surface area contributed by atoms with Crippen LogP contribution in [0.15, 0.2) is 27.6 Å². The van der Waals surface area contributed by atoms with Crippen molar-refractivity contribution in [3.05, 3.63) is 35.5 Å². The number of aryl methyl sites for hydroxylation is 2. The molecule has 1 saturated heterocycles. The number of benzene rings is 1. The summed E-state index contributed by atoms with van der Waals surface area (Å²) in [5, 5.41) is 6.87. The first-order valence-electron chi connectivity index (χ1n) is 8.11. The van der Waals surface area contributed by atoms with Crippen LogP contribution in [0.3, 0.4) is 0 Å². The summed E-state index contributed by atoms with van der Waals surface area (Å²) < 4.78 is 32.4. The van der Waals surface area contributed by atoms with Crippen LogP contribution < -0.4 is 5.32 Å². The van der Waals surface area contributed by atoms with Crippen molar-refractivity contribution in [3.8, 4) is 0 Å². The number of hydrogen-bond donors (Lipinski definition) is 1. The highest BCUT2D eigenvalue weighted by molar-refractivity contribution is 7.89. The number of nitrogens with zero attached hydrogens (tertiary/aromatic N) is 3. The van der Waals surface area contributed by atoms with Crippen LogP contribution in [-0.4, -0.2) is 36.0 Å². The standard InChI is InChI=1S/C16H22N4O3S/c1-12-6-7-14(17-11-16-18-13(2)19-23-16)10-15(12)24(21,22)20-8-4-3-5-9-20/h6-7,10,17H,3-5,8-9,11H2,1-2H3. The second-order valence-corrected chi connectivity index (χ2v) is 7.94. The molecule has 130 valence electrons. The number of rotatable bonds is 5. The number of nitrogens with one attached hydrogen (secondary N) is 1. The molecule has 24 heavy (non-hydrogen) atoms. The fraction of sp³-hybridized carbons (Fsp3) is 0.500. The van der Waals surface area contributed by atoms with Crippen LogP contribution in [0, 0.1) is 13.8 Å². The average molecular weight is 350 g/mol. The van der Waals surface area contributed by atoms with Gasteiger partial charge in [0.2, 0.25) is 15.9 Å². The maximum Gasteiger partial charge on any atom is 0.245 e. The molecule has 1 aromatic carbocycles. The zero-order chi connectivity index (χ0) is 17.2. The van der Waals surface area contributed by atoms with Crippen LogP contribution in [0.25, 0.3) is 0 Å². The van der Waals surface area contributed by atoms with E-state index >= 15 is 0 Å². The van der Waals surface area contributed by atoms with E-state index in [-0.39, 0.29) is 0 Å². The monoisotopic (exact) mass is 350 g/mol. The van der Waals surface area contributed by atoms with Crippen molar-refractivity contribution < 1.29 is 12.9 Å². The lowest BCUT2D eigenvalue weighted by atomic mass is 10.2. The van der Waals surface area contributed by atoms with E-state index in [1.165, 1.54) is 0 Å². The molecular weight excluding hydrogens is 328 g/mol. The molecule has 1 aliphatic heterocycles. The summed E-state index contributed by atoms with van der Waals surface area (Å²) >= 11 is 0. The summed E-state index contributed by atoms with van der Waals surface area (Å²) in [6.45, 7) is 5.12. The van der Waals surface area contributed by atoms with Crippen molar-refractivity contribution in [1.82, 2.24) is 14.4 Å². The van der Waals surface area contributed by atoms with Crippen molar-refractivity contribution in [2.24, 2.45) is 0 Å². The van der Waals surface area contributed by atoms with Gasteiger partial charge in [-0.05, 0) is 44.4 Å². The van der Waals surface area contributed by atoms with Crippen molar-refractivity contribution in [3.63, 3.8) is 0 Å². The van der Waals surface area contributed by atoms with Crippen LogP contribution in [0.4, 0.5) is 5.69 Å². The lowest BCUT2D eigenvalue weighted by molar-refractivity contribution is 0.346. The minimum absolute atomic E-state index is 0.354. The molecule has 2 heterocycles. The van der Waals surface area contributed by atoms with Gasteiger partial charge in [-0.15, -0.1) is 0 Å². The molecule has 1 fully saturated rings. The van der Waals surface area contributed by atoms with Crippen LogP contribution in [0.5, 0.6) is 0 Å². The molecule has 1 N–H and O–H groups in total. The summed E-state index contributed by atoms with van der Waals surface area (Å²) in [4.78, 5) is 4.48. The van der Waals surface area contributed by atoms with E-state index in [2.05, 4.69) is 15.5 Å². The van der Waals surface area contributed by atoms with Crippen molar-refractivity contribution in [2.45, 2.75) is 44.6 Å². The van der Waals surface area contributed by atoms with E-state index in [4.69, 9.17) is 4.52 Å². The quantitative estimate of drug-likeness (QED) is 0.891. The molecule has 0 atom stereocenters. The van der Waals surface area contributed by atoms with E-state index in [0.717, 1.165) is 24.8 Å². The first-order valence-corrected chi connectivity index (χ1v) is 9.55. The molecule has 0 saturated carbocycles. The fourth-order valence-corrected chi connectivity index (χ4v) is 4.59. The van der Waals surface area contributed by atoms with Gasteiger partial charge in [0.15, 0.2) is 5.82 Å². The first-order chi connectivity index (χ1) is 11.5. The summed E-state index contributed by atoms with van der Waals surface area (Å²) in [6, 6.07) is 5.36. The minimum atomic E-state index is -3.45. The number of hydrogen-bond acceptors (Lipinski definition) is 6. The molecule has 0 amide bonds. The number of piperidine rings is 1. The molecule has 7 nitrogen and oxygen atoms in total. The van der Waals surface area contributed by atoms with Gasteiger partial charge in [-0.25, -0.2) is 8.42 Å². The molecule has 0 radical (unpaired) electrons. The van der Waals surface area contributed by atoms with E-state index in [9.17, 15) is 8.42 Å². The second kappa shape index (κ2) is 6.90. The molecular formula is C16H22N4O3S. The van der Waals surface area contributed by atoms with Gasteiger partial charge in [-0.3, -0.25) is 0 Å². The maximum absolute atomic E-state index is 12.9. The van der Waals surface area contributed by atoms with E-state index in [0.29, 0.717) is 41.9 Å². The minimum Gasteiger partial charge on any atom is -0.376 e. The third kappa shape index (κ3) is 3.59. The molecule has 3 rings (SSSR count). The molecule has 0 unspecified atom stereocenters. The third-order valence-corrected chi connectivity index (χ3v) is 6.17. The van der Waals surface area contributed by atoms with E-state index in [1.54, 1.807) is 17.3 Å². The number of sulfonamides is 1. The topological polar surface area (TPSA) is 88.3 Å². The van der Waals surface area contributed by atoms with Gasteiger partial charge < -0.3 is 9.84 Å². The summed E-state index contributed by atoms with van der Waals surface area (Å²) in [7, 11) is -3.45. The van der Waals surface area contributed by atoms with E-state index in [1.807, 2.05) is 19.1 Å².